The zero-order valence-corrected chi connectivity index (χ0v) is 8.08. The van der Waals surface area contributed by atoms with Gasteiger partial charge in [-0.15, -0.1) is 0 Å². The Morgan fingerprint density at radius 1 is 1.46 bits per heavy atom. The second-order valence-corrected chi connectivity index (χ2v) is 3.26. The van der Waals surface area contributed by atoms with Crippen LogP contribution in [0.2, 0.25) is 0 Å². The molecule has 0 saturated heterocycles. The van der Waals surface area contributed by atoms with Gasteiger partial charge < -0.3 is 10.2 Å². The van der Waals surface area contributed by atoms with Crippen LogP contribution in [-0.4, -0.2) is 16.3 Å². The van der Waals surface area contributed by atoms with Crippen LogP contribution in [0.1, 0.15) is 5.56 Å². The lowest BCUT2D eigenvalue weighted by atomic mass is 10.2. The van der Waals surface area contributed by atoms with Crippen LogP contribution in [0.15, 0.2) is 21.6 Å². The molecule has 5 heteroatoms. The van der Waals surface area contributed by atoms with E-state index < -0.39 is 0 Å². The van der Waals surface area contributed by atoms with Crippen LogP contribution in [0.3, 0.4) is 0 Å². The first kappa shape index (κ1) is 9.77. The van der Waals surface area contributed by atoms with Gasteiger partial charge in [-0.25, -0.2) is 9.79 Å². The minimum Gasteiger partial charge on any atom is -0.504 e. The Bertz CT molecular complexity index is 372. The van der Waals surface area contributed by atoms with Crippen molar-refractivity contribution in [3.63, 3.8) is 0 Å². The molecule has 0 unspecified atom stereocenters. The van der Waals surface area contributed by atoms with Gasteiger partial charge in [0.2, 0.25) is 6.08 Å². The Morgan fingerprint density at radius 2 is 2.15 bits per heavy atom. The summed E-state index contributed by atoms with van der Waals surface area (Å²) < 4.78 is 0.610. The van der Waals surface area contributed by atoms with Crippen molar-refractivity contribution in [3.05, 3.63) is 22.2 Å². The van der Waals surface area contributed by atoms with Gasteiger partial charge >= 0.3 is 0 Å². The van der Waals surface area contributed by atoms with Gasteiger partial charge in [0, 0.05) is 10.0 Å². The molecule has 0 bridgehead atoms. The molecule has 0 aliphatic rings. The van der Waals surface area contributed by atoms with Crippen LogP contribution in [0.5, 0.6) is 11.5 Å². The zero-order chi connectivity index (χ0) is 9.84. The number of phenols is 2. The third-order valence-electron chi connectivity index (χ3n) is 1.45. The lowest BCUT2D eigenvalue weighted by molar-refractivity contribution is 0.399. The van der Waals surface area contributed by atoms with Crippen molar-refractivity contribution >= 4 is 22.0 Å². The van der Waals surface area contributed by atoms with Crippen molar-refractivity contribution in [1.29, 1.82) is 0 Å². The summed E-state index contributed by atoms with van der Waals surface area (Å²) in [5.74, 6) is -0.507. The van der Waals surface area contributed by atoms with Crippen LogP contribution in [0.4, 0.5) is 0 Å². The van der Waals surface area contributed by atoms with Crippen LogP contribution in [0, 0.1) is 0 Å². The molecule has 13 heavy (non-hydrogen) atoms. The maximum Gasteiger partial charge on any atom is 0.235 e. The van der Waals surface area contributed by atoms with Crippen LogP contribution < -0.4 is 0 Å². The number of phenolic OH excluding ortho intramolecular Hbond substituents is 2. The van der Waals surface area contributed by atoms with E-state index in [-0.39, 0.29) is 18.0 Å². The average Bonchev–Trinajstić information content (AvgIpc) is 2.09. The molecule has 0 amide bonds. The van der Waals surface area contributed by atoms with E-state index in [0.717, 1.165) is 0 Å². The largest absolute Gasteiger partial charge is 0.504 e. The van der Waals surface area contributed by atoms with Gasteiger partial charge in [0.15, 0.2) is 11.5 Å². The van der Waals surface area contributed by atoms with Gasteiger partial charge in [-0.05, 0) is 12.1 Å². The summed E-state index contributed by atoms with van der Waals surface area (Å²) in [5.41, 5.74) is 0.371. The Kier molecular flexibility index (Phi) is 3.06. The molecule has 68 valence electrons. The molecule has 0 radical (unpaired) electrons. The standard InChI is InChI=1S/C8H6BrNO3/c9-6-1-5(3-10-4-11)8(13)7(12)2-6/h1-2,12-13H,3H2. The van der Waals surface area contributed by atoms with E-state index in [1.165, 1.54) is 12.1 Å². The second kappa shape index (κ2) is 4.07. The van der Waals surface area contributed by atoms with E-state index in [4.69, 9.17) is 5.11 Å². The molecule has 0 saturated carbocycles. The highest BCUT2D eigenvalue weighted by Crippen LogP contribution is 2.32. The quantitative estimate of drug-likeness (QED) is 0.472. The van der Waals surface area contributed by atoms with Crippen LogP contribution in [-0.2, 0) is 11.3 Å². The highest BCUT2D eigenvalue weighted by atomic mass is 79.9. The normalized spacial score (nSPS) is 9.31. The molecule has 0 aromatic heterocycles. The van der Waals surface area contributed by atoms with E-state index >= 15 is 0 Å². The number of aliphatic imine (C=N–C) groups is 1. The minimum absolute atomic E-state index is 0.00231. The molecule has 0 aliphatic heterocycles. The highest BCUT2D eigenvalue weighted by molar-refractivity contribution is 9.10. The molecule has 1 aromatic rings. The van der Waals surface area contributed by atoms with Crippen LogP contribution >= 0.6 is 15.9 Å². The van der Waals surface area contributed by atoms with Crippen molar-refractivity contribution < 1.29 is 15.0 Å². The molecule has 0 spiro atoms. The number of rotatable bonds is 2. The number of nitrogens with zero attached hydrogens (tertiary/aromatic N) is 1. The Labute approximate surface area is 82.7 Å². The average molecular weight is 244 g/mol. The van der Waals surface area contributed by atoms with Crippen molar-refractivity contribution in [3.8, 4) is 11.5 Å². The molecule has 0 heterocycles. The summed E-state index contributed by atoms with van der Waals surface area (Å²) in [6, 6.07) is 2.92. The Morgan fingerprint density at radius 3 is 2.77 bits per heavy atom. The van der Waals surface area contributed by atoms with Gasteiger partial charge in [0.1, 0.15) is 0 Å². The number of isocyanates is 1. The number of hydrogen-bond acceptors (Lipinski definition) is 4. The van der Waals surface area contributed by atoms with Crippen LogP contribution in [0.25, 0.3) is 0 Å². The predicted octanol–water partition coefficient (Wildman–Crippen LogP) is 1.70. The summed E-state index contributed by atoms with van der Waals surface area (Å²) in [6.45, 7) is 0.00231. The molecule has 1 rings (SSSR count). The monoisotopic (exact) mass is 243 g/mol. The fourth-order valence-electron chi connectivity index (χ4n) is 0.878. The first-order valence-electron chi connectivity index (χ1n) is 3.39. The topological polar surface area (TPSA) is 69.9 Å². The summed E-state index contributed by atoms with van der Waals surface area (Å²) in [7, 11) is 0. The fraction of sp³-hybridized carbons (Fsp3) is 0.125. The molecule has 0 atom stereocenters. The first-order chi connectivity index (χ1) is 6.15. The second-order valence-electron chi connectivity index (χ2n) is 2.34. The highest BCUT2D eigenvalue weighted by Gasteiger charge is 2.07. The van der Waals surface area contributed by atoms with E-state index in [2.05, 4.69) is 20.9 Å². The lowest BCUT2D eigenvalue weighted by Gasteiger charge is -2.03. The first-order valence-corrected chi connectivity index (χ1v) is 4.18. The zero-order valence-electron chi connectivity index (χ0n) is 6.49. The number of halogens is 1. The number of hydrogen-bond donors (Lipinski definition) is 2. The predicted molar refractivity (Wildman–Crippen MR) is 49.3 cm³/mol. The van der Waals surface area contributed by atoms with E-state index in [1.807, 2.05) is 0 Å². The molecule has 0 fully saturated rings. The Hall–Kier alpha value is -1.32. The van der Waals surface area contributed by atoms with Gasteiger partial charge in [-0.2, -0.15) is 0 Å². The third kappa shape index (κ3) is 2.31. The van der Waals surface area contributed by atoms with Gasteiger partial charge in [-0.3, -0.25) is 0 Å². The SMILES string of the molecule is O=C=NCc1cc(Br)cc(O)c1O. The smallest absolute Gasteiger partial charge is 0.235 e. The van der Waals surface area contributed by atoms with E-state index in [9.17, 15) is 9.90 Å². The lowest BCUT2D eigenvalue weighted by Crippen LogP contribution is -1.83. The maximum atomic E-state index is 9.81. The summed E-state index contributed by atoms with van der Waals surface area (Å²) >= 11 is 3.13. The Balaban J connectivity index is 3.12. The van der Waals surface area contributed by atoms with E-state index in [1.54, 1.807) is 6.07 Å². The molecule has 4 nitrogen and oxygen atoms in total. The number of aromatic hydroxyl groups is 2. The van der Waals surface area contributed by atoms with Gasteiger partial charge in [0.05, 0.1) is 6.54 Å². The molecule has 0 aliphatic carbocycles. The van der Waals surface area contributed by atoms with Crippen molar-refractivity contribution in [2.24, 2.45) is 4.99 Å². The number of carbonyl (C=O) groups excluding carboxylic acids is 1. The summed E-state index contributed by atoms with van der Waals surface area (Å²) in [5, 5.41) is 18.4. The van der Waals surface area contributed by atoms with Crippen molar-refractivity contribution in [2.75, 3.05) is 0 Å². The molecule has 1 aromatic carbocycles. The van der Waals surface area contributed by atoms with E-state index in [0.29, 0.717) is 10.0 Å². The third-order valence-corrected chi connectivity index (χ3v) is 1.91. The minimum atomic E-state index is -0.262. The van der Waals surface area contributed by atoms with Gasteiger partial charge in [-0.1, -0.05) is 15.9 Å². The molecular formula is C8H6BrNO3. The fourth-order valence-corrected chi connectivity index (χ4v) is 1.37. The molecule has 2 N–H and O–H groups in total. The van der Waals surface area contributed by atoms with Crippen molar-refractivity contribution in [1.82, 2.24) is 0 Å². The van der Waals surface area contributed by atoms with Gasteiger partial charge in [0.25, 0.3) is 0 Å². The maximum absolute atomic E-state index is 9.81. The molecular weight excluding hydrogens is 238 g/mol. The summed E-state index contributed by atoms with van der Waals surface area (Å²) in [4.78, 5) is 13.1. The van der Waals surface area contributed by atoms with Crippen molar-refractivity contribution in [2.45, 2.75) is 6.54 Å². The number of benzene rings is 1. The summed E-state index contributed by atoms with van der Waals surface area (Å²) in [6.07, 6.45) is 1.35.